The quantitative estimate of drug-likeness (QED) is 0.630. The van der Waals surface area contributed by atoms with Crippen molar-refractivity contribution >= 4 is 38.6 Å². The van der Waals surface area contributed by atoms with Gasteiger partial charge in [0.05, 0.1) is 11.0 Å². The third kappa shape index (κ3) is 3.14. The van der Waals surface area contributed by atoms with E-state index in [4.69, 9.17) is 16.6 Å². The van der Waals surface area contributed by atoms with Crippen LogP contribution in [0, 0.1) is 5.92 Å². The summed E-state index contributed by atoms with van der Waals surface area (Å²) in [6.07, 6.45) is 7.67. The highest BCUT2D eigenvalue weighted by atomic mass is 79.9. The molecule has 3 rings (SSSR count). The van der Waals surface area contributed by atoms with Crippen molar-refractivity contribution in [1.29, 1.82) is 0 Å². The van der Waals surface area contributed by atoms with Crippen molar-refractivity contribution in [3.05, 3.63) is 28.5 Å². The van der Waals surface area contributed by atoms with E-state index >= 15 is 0 Å². The summed E-state index contributed by atoms with van der Waals surface area (Å²) in [6.45, 7) is 2.36. The number of imidazole rings is 1. The highest BCUT2D eigenvalue weighted by molar-refractivity contribution is 9.10. The average Bonchev–Trinajstić information content (AvgIpc) is 2.85. The minimum Gasteiger partial charge on any atom is -0.325 e. The Kier molecular flexibility index (Phi) is 4.90. The summed E-state index contributed by atoms with van der Waals surface area (Å²) in [5, 5.41) is 0. The van der Waals surface area contributed by atoms with Crippen molar-refractivity contribution in [1.82, 2.24) is 9.55 Å². The molecule has 1 aromatic carbocycles. The maximum atomic E-state index is 5.99. The van der Waals surface area contributed by atoms with Crippen LogP contribution >= 0.6 is 27.5 Å². The number of alkyl halides is 1. The summed E-state index contributed by atoms with van der Waals surface area (Å²) >= 11 is 9.54. The third-order valence-corrected chi connectivity index (χ3v) is 5.46. The first-order valence-electron chi connectivity index (χ1n) is 7.93. The Hall–Kier alpha value is -0.540. The van der Waals surface area contributed by atoms with Gasteiger partial charge < -0.3 is 4.57 Å². The summed E-state index contributed by atoms with van der Waals surface area (Å²) in [5.74, 6) is 2.53. The highest BCUT2D eigenvalue weighted by Gasteiger charge is 2.24. The third-order valence-electron chi connectivity index (χ3n) is 4.78. The topological polar surface area (TPSA) is 17.8 Å². The number of halogens is 2. The van der Waals surface area contributed by atoms with Crippen LogP contribution in [0.2, 0.25) is 0 Å². The van der Waals surface area contributed by atoms with E-state index in [1.54, 1.807) is 0 Å². The fraction of sp³-hybridized carbons (Fsp3) is 0.588. The standard InChI is InChI=1S/C17H22BrClN2/c1-12(13-5-3-2-4-6-13)21-16-8-7-14(18)11-15(16)20-17(21)9-10-19/h7-8,11-13H,2-6,9-10H2,1H3. The first-order chi connectivity index (χ1) is 10.2. The molecule has 0 bridgehead atoms. The van der Waals surface area contributed by atoms with Crippen LogP contribution in [-0.4, -0.2) is 15.4 Å². The summed E-state index contributed by atoms with van der Waals surface area (Å²) in [6, 6.07) is 6.91. The van der Waals surface area contributed by atoms with Gasteiger partial charge in [0.15, 0.2) is 0 Å². The molecule has 2 nitrogen and oxygen atoms in total. The summed E-state index contributed by atoms with van der Waals surface area (Å²) in [4.78, 5) is 4.83. The molecule has 2 aromatic rings. The van der Waals surface area contributed by atoms with Gasteiger partial charge in [0.1, 0.15) is 5.82 Å². The molecule has 0 N–H and O–H groups in total. The van der Waals surface area contributed by atoms with Crippen LogP contribution in [0.4, 0.5) is 0 Å². The predicted molar refractivity (Wildman–Crippen MR) is 93.1 cm³/mol. The SMILES string of the molecule is CC(C1CCCCC1)n1c(CCCl)nc2cc(Br)ccc21. The van der Waals surface area contributed by atoms with Crippen LogP contribution in [0.25, 0.3) is 11.0 Å². The number of benzene rings is 1. The fourth-order valence-corrected chi connectivity index (χ4v) is 4.18. The Morgan fingerprint density at radius 3 is 2.81 bits per heavy atom. The molecule has 1 unspecified atom stereocenters. The van der Waals surface area contributed by atoms with Crippen molar-refractivity contribution in [3.8, 4) is 0 Å². The van der Waals surface area contributed by atoms with Crippen LogP contribution in [0.3, 0.4) is 0 Å². The van der Waals surface area contributed by atoms with E-state index < -0.39 is 0 Å². The first-order valence-corrected chi connectivity index (χ1v) is 9.26. The van der Waals surface area contributed by atoms with Crippen molar-refractivity contribution in [2.75, 3.05) is 5.88 Å². The van der Waals surface area contributed by atoms with Crippen molar-refractivity contribution < 1.29 is 0 Å². The molecule has 0 saturated heterocycles. The number of rotatable bonds is 4. The van der Waals surface area contributed by atoms with Gasteiger partial charge in [0, 0.05) is 22.8 Å². The van der Waals surface area contributed by atoms with E-state index in [0.717, 1.165) is 28.2 Å². The molecular formula is C17H22BrClN2. The molecule has 0 radical (unpaired) electrons. The molecule has 1 heterocycles. The van der Waals surface area contributed by atoms with Gasteiger partial charge in [-0.2, -0.15) is 0 Å². The van der Waals surface area contributed by atoms with Crippen LogP contribution in [-0.2, 0) is 6.42 Å². The number of hydrogen-bond donors (Lipinski definition) is 0. The molecule has 4 heteroatoms. The predicted octanol–water partition coefficient (Wildman–Crippen LogP) is 5.72. The van der Waals surface area contributed by atoms with Gasteiger partial charge in [0.25, 0.3) is 0 Å². The second-order valence-electron chi connectivity index (χ2n) is 6.11. The minimum atomic E-state index is 0.509. The van der Waals surface area contributed by atoms with Crippen LogP contribution < -0.4 is 0 Å². The normalized spacial score (nSPS) is 18.2. The van der Waals surface area contributed by atoms with Crippen molar-refractivity contribution in [2.45, 2.75) is 51.5 Å². The van der Waals surface area contributed by atoms with E-state index in [9.17, 15) is 0 Å². The second-order valence-corrected chi connectivity index (χ2v) is 7.40. The molecular weight excluding hydrogens is 348 g/mol. The smallest absolute Gasteiger partial charge is 0.111 e. The van der Waals surface area contributed by atoms with Gasteiger partial charge >= 0.3 is 0 Å². The molecule has 1 fully saturated rings. The highest BCUT2D eigenvalue weighted by Crippen LogP contribution is 2.35. The minimum absolute atomic E-state index is 0.509. The largest absolute Gasteiger partial charge is 0.325 e. The average molecular weight is 370 g/mol. The van der Waals surface area contributed by atoms with Gasteiger partial charge in [-0.15, -0.1) is 11.6 Å². The fourth-order valence-electron chi connectivity index (χ4n) is 3.66. The van der Waals surface area contributed by atoms with E-state index in [2.05, 4.69) is 45.6 Å². The molecule has 0 amide bonds. The monoisotopic (exact) mass is 368 g/mol. The van der Waals surface area contributed by atoms with Crippen LogP contribution in [0.15, 0.2) is 22.7 Å². The lowest BCUT2D eigenvalue weighted by Crippen LogP contribution is -2.21. The molecule has 1 aliphatic carbocycles. The van der Waals surface area contributed by atoms with Gasteiger partial charge in [-0.25, -0.2) is 4.98 Å². The summed E-state index contributed by atoms with van der Waals surface area (Å²) in [5.41, 5.74) is 2.32. The number of aromatic nitrogens is 2. The summed E-state index contributed by atoms with van der Waals surface area (Å²) in [7, 11) is 0. The Balaban J connectivity index is 2.03. The number of fused-ring (bicyclic) bond motifs is 1. The number of aryl methyl sites for hydroxylation is 1. The zero-order valence-corrected chi connectivity index (χ0v) is 14.8. The van der Waals surface area contributed by atoms with E-state index in [0.29, 0.717) is 11.9 Å². The van der Waals surface area contributed by atoms with E-state index in [1.165, 1.54) is 37.6 Å². The van der Waals surface area contributed by atoms with Gasteiger partial charge in [0.2, 0.25) is 0 Å². The lowest BCUT2D eigenvalue weighted by molar-refractivity contribution is 0.264. The first kappa shape index (κ1) is 15.4. The number of hydrogen-bond acceptors (Lipinski definition) is 1. The molecule has 1 aromatic heterocycles. The molecule has 0 aliphatic heterocycles. The van der Waals surface area contributed by atoms with E-state index in [1.807, 2.05) is 0 Å². The maximum Gasteiger partial charge on any atom is 0.111 e. The van der Waals surface area contributed by atoms with Crippen molar-refractivity contribution in [2.24, 2.45) is 5.92 Å². The van der Waals surface area contributed by atoms with Gasteiger partial charge in [-0.3, -0.25) is 0 Å². The lowest BCUT2D eigenvalue weighted by Gasteiger charge is -2.30. The zero-order valence-electron chi connectivity index (χ0n) is 12.5. The van der Waals surface area contributed by atoms with Gasteiger partial charge in [-0.1, -0.05) is 35.2 Å². The van der Waals surface area contributed by atoms with E-state index in [-0.39, 0.29) is 0 Å². The Morgan fingerprint density at radius 1 is 1.33 bits per heavy atom. The molecule has 1 atom stereocenters. The van der Waals surface area contributed by atoms with Crippen LogP contribution in [0.1, 0.15) is 50.9 Å². The molecule has 0 spiro atoms. The molecule has 1 saturated carbocycles. The Bertz CT molecular complexity index is 617. The van der Waals surface area contributed by atoms with Crippen molar-refractivity contribution in [3.63, 3.8) is 0 Å². The molecule has 21 heavy (non-hydrogen) atoms. The molecule has 114 valence electrons. The maximum absolute atomic E-state index is 5.99. The number of nitrogens with zero attached hydrogens (tertiary/aromatic N) is 2. The zero-order chi connectivity index (χ0) is 14.8. The van der Waals surface area contributed by atoms with Gasteiger partial charge in [-0.05, 0) is 43.9 Å². The molecule has 1 aliphatic rings. The Morgan fingerprint density at radius 2 is 2.10 bits per heavy atom. The Labute approximate surface area is 140 Å². The lowest BCUT2D eigenvalue weighted by atomic mass is 9.84. The van der Waals surface area contributed by atoms with Crippen LogP contribution in [0.5, 0.6) is 0 Å². The summed E-state index contributed by atoms with van der Waals surface area (Å²) < 4.78 is 3.53. The second kappa shape index (κ2) is 6.70.